The van der Waals surface area contributed by atoms with Gasteiger partial charge in [-0.05, 0) is 0 Å². The fraction of sp³-hybridized carbons (Fsp3) is 0.750. The lowest BCUT2D eigenvalue weighted by atomic mass is 9.63. The zero-order chi connectivity index (χ0) is 13.2. The molecular weight excluding hydrogens is 252 g/mol. The maximum atomic E-state index is 13.0. The number of carboxylic acids is 2. The number of carbonyl (C=O) groups excluding carboxylic acids is 2. The summed E-state index contributed by atoms with van der Waals surface area (Å²) in [5.41, 5.74) is 0. The zero-order valence-electron chi connectivity index (χ0n) is 7.86. The molecule has 0 N–H and O–H groups in total. The second-order valence-electron chi connectivity index (χ2n) is 3.91. The fourth-order valence-electron chi connectivity index (χ4n) is 2.29. The highest BCUT2D eigenvalue weighted by atomic mass is 19.3. The lowest BCUT2D eigenvalue weighted by Crippen LogP contribution is -2.70. The monoisotopic (exact) mass is 256 g/mol. The van der Waals surface area contributed by atoms with Gasteiger partial charge in [-0.2, -0.15) is 17.6 Å². The van der Waals surface area contributed by atoms with Crippen molar-refractivity contribution in [1.82, 2.24) is 0 Å². The lowest BCUT2D eigenvalue weighted by Gasteiger charge is -2.49. The Balaban J connectivity index is 2.39. The number of carbonyl (C=O) groups is 2. The molecule has 2 rings (SSSR count). The van der Waals surface area contributed by atoms with Crippen LogP contribution in [0.2, 0.25) is 0 Å². The van der Waals surface area contributed by atoms with Gasteiger partial charge in [0.1, 0.15) is 12.2 Å². The van der Waals surface area contributed by atoms with Gasteiger partial charge in [0.25, 0.3) is 0 Å². The van der Waals surface area contributed by atoms with E-state index in [-0.39, 0.29) is 0 Å². The van der Waals surface area contributed by atoms with Crippen molar-refractivity contribution in [2.75, 3.05) is 0 Å². The van der Waals surface area contributed by atoms with Crippen molar-refractivity contribution >= 4 is 11.9 Å². The van der Waals surface area contributed by atoms with E-state index in [9.17, 15) is 37.4 Å². The molecule has 4 unspecified atom stereocenters. The van der Waals surface area contributed by atoms with Gasteiger partial charge in [0.15, 0.2) is 0 Å². The fourth-order valence-corrected chi connectivity index (χ4v) is 2.29. The van der Waals surface area contributed by atoms with E-state index in [2.05, 4.69) is 4.74 Å². The van der Waals surface area contributed by atoms with Gasteiger partial charge in [0.2, 0.25) is 0 Å². The normalized spacial score (nSPS) is 41.4. The van der Waals surface area contributed by atoms with Crippen molar-refractivity contribution in [3.63, 3.8) is 0 Å². The molecule has 0 aromatic heterocycles. The Morgan fingerprint density at radius 3 is 1.41 bits per heavy atom. The summed E-state index contributed by atoms with van der Waals surface area (Å²) in [6.07, 6.45) is -4.75. The molecule has 4 atom stereocenters. The van der Waals surface area contributed by atoms with E-state index in [0.29, 0.717) is 0 Å². The standard InChI is InChI=1S/C8H6F4O5/c9-7(10)1-2(8(7,11)12)4(6(15)16)17-3(1)5(13)14/h1-4H,(H,13,14)(H,15,16)/p-2. The highest BCUT2D eigenvalue weighted by Gasteiger charge is 2.84. The molecule has 96 valence electrons. The van der Waals surface area contributed by atoms with Crippen molar-refractivity contribution in [3.05, 3.63) is 0 Å². The quantitative estimate of drug-likeness (QED) is 0.521. The molecule has 1 saturated carbocycles. The van der Waals surface area contributed by atoms with Gasteiger partial charge < -0.3 is 24.5 Å². The van der Waals surface area contributed by atoms with Crippen LogP contribution in [-0.2, 0) is 14.3 Å². The van der Waals surface area contributed by atoms with Gasteiger partial charge in [-0.1, -0.05) is 0 Å². The Bertz CT molecular complexity index is 359. The Kier molecular flexibility index (Phi) is 2.20. The molecule has 1 aliphatic heterocycles. The Hall–Kier alpha value is -1.38. The number of aliphatic carboxylic acids is 2. The Morgan fingerprint density at radius 1 is 0.882 bits per heavy atom. The first kappa shape index (κ1) is 12.1. The lowest BCUT2D eigenvalue weighted by molar-refractivity contribution is -0.362. The summed E-state index contributed by atoms with van der Waals surface area (Å²) in [6, 6.07) is 0. The second kappa shape index (κ2) is 3.09. The first-order chi connectivity index (χ1) is 7.62. The number of ether oxygens (including phenoxy) is 1. The molecule has 0 bridgehead atoms. The SMILES string of the molecule is O=C([O-])C1OC(C(=O)[O-])C2C1C(F)(F)C2(F)F. The average Bonchev–Trinajstić information content (AvgIpc) is 2.56. The summed E-state index contributed by atoms with van der Waals surface area (Å²) in [6.45, 7) is 0. The molecule has 0 spiro atoms. The van der Waals surface area contributed by atoms with E-state index >= 15 is 0 Å². The van der Waals surface area contributed by atoms with E-state index in [1.165, 1.54) is 0 Å². The summed E-state index contributed by atoms with van der Waals surface area (Å²) in [5, 5.41) is 20.9. The van der Waals surface area contributed by atoms with Crippen molar-refractivity contribution in [1.29, 1.82) is 0 Å². The first-order valence-corrected chi connectivity index (χ1v) is 4.45. The number of carboxylic acid groups (broad SMARTS) is 2. The smallest absolute Gasteiger partial charge is 0.316 e. The van der Waals surface area contributed by atoms with Gasteiger partial charge in [-0.3, -0.25) is 0 Å². The van der Waals surface area contributed by atoms with E-state index in [4.69, 9.17) is 0 Å². The maximum absolute atomic E-state index is 13.0. The van der Waals surface area contributed by atoms with Crippen LogP contribution in [0.4, 0.5) is 17.6 Å². The molecule has 2 fully saturated rings. The number of hydrogen-bond donors (Lipinski definition) is 0. The zero-order valence-corrected chi connectivity index (χ0v) is 7.86. The number of hydrogen-bond acceptors (Lipinski definition) is 5. The summed E-state index contributed by atoms with van der Waals surface area (Å²) in [4.78, 5) is 20.9. The van der Waals surface area contributed by atoms with Gasteiger partial charge >= 0.3 is 11.8 Å². The predicted molar refractivity (Wildman–Crippen MR) is 35.5 cm³/mol. The van der Waals surface area contributed by atoms with Crippen LogP contribution in [0, 0.1) is 11.8 Å². The van der Waals surface area contributed by atoms with Gasteiger partial charge in [0.05, 0.1) is 23.8 Å². The minimum atomic E-state index is -4.63. The molecule has 1 heterocycles. The molecule has 5 nitrogen and oxygen atoms in total. The number of halogens is 4. The molecule has 0 radical (unpaired) electrons. The van der Waals surface area contributed by atoms with Crippen LogP contribution >= 0.6 is 0 Å². The molecule has 2 aliphatic rings. The largest absolute Gasteiger partial charge is 0.547 e. The third-order valence-electron chi connectivity index (χ3n) is 3.08. The third-order valence-corrected chi connectivity index (χ3v) is 3.08. The highest BCUT2D eigenvalue weighted by molar-refractivity contribution is 5.77. The van der Waals surface area contributed by atoms with Crippen LogP contribution in [0.3, 0.4) is 0 Å². The molecular formula is C8H4F4O5-2. The maximum Gasteiger partial charge on any atom is 0.316 e. The Morgan fingerprint density at radius 2 is 1.18 bits per heavy atom. The van der Waals surface area contributed by atoms with Gasteiger partial charge in [-0.15, -0.1) is 0 Å². The summed E-state index contributed by atoms with van der Waals surface area (Å²) < 4.78 is 56.1. The van der Waals surface area contributed by atoms with Crippen LogP contribution < -0.4 is 10.2 Å². The summed E-state index contributed by atoms with van der Waals surface area (Å²) >= 11 is 0. The van der Waals surface area contributed by atoms with Crippen LogP contribution in [0.25, 0.3) is 0 Å². The van der Waals surface area contributed by atoms with Crippen molar-refractivity contribution < 1.29 is 42.1 Å². The van der Waals surface area contributed by atoms with Crippen LogP contribution in [0.1, 0.15) is 0 Å². The molecule has 1 saturated heterocycles. The molecule has 0 amide bonds. The number of alkyl halides is 4. The summed E-state index contributed by atoms with van der Waals surface area (Å²) in [5.74, 6) is -18.4. The van der Waals surface area contributed by atoms with Crippen molar-refractivity contribution in [2.45, 2.75) is 24.1 Å². The molecule has 0 aromatic rings. The average molecular weight is 256 g/mol. The second-order valence-corrected chi connectivity index (χ2v) is 3.91. The third kappa shape index (κ3) is 1.22. The van der Waals surface area contributed by atoms with E-state index < -0.39 is 47.8 Å². The van der Waals surface area contributed by atoms with Gasteiger partial charge in [-0.25, -0.2) is 0 Å². The van der Waals surface area contributed by atoms with Crippen LogP contribution in [0.15, 0.2) is 0 Å². The molecule has 1 aliphatic carbocycles. The minimum absolute atomic E-state index is 2.15. The van der Waals surface area contributed by atoms with Crippen LogP contribution in [-0.4, -0.2) is 36.0 Å². The van der Waals surface area contributed by atoms with Gasteiger partial charge in [0, 0.05) is 0 Å². The van der Waals surface area contributed by atoms with Crippen molar-refractivity contribution in [3.8, 4) is 0 Å². The summed E-state index contributed by atoms with van der Waals surface area (Å²) in [7, 11) is 0. The van der Waals surface area contributed by atoms with Crippen LogP contribution in [0.5, 0.6) is 0 Å². The van der Waals surface area contributed by atoms with Crippen molar-refractivity contribution in [2.24, 2.45) is 11.8 Å². The highest BCUT2D eigenvalue weighted by Crippen LogP contribution is 2.65. The van der Waals surface area contributed by atoms with E-state index in [1.54, 1.807) is 0 Å². The minimum Gasteiger partial charge on any atom is -0.547 e. The topological polar surface area (TPSA) is 89.5 Å². The van der Waals surface area contributed by atoms with E-state index in [1.807, 2.05) is 0 Å². The number of fused-ring (bicyclic) bond motifs is 1. The molecule has 0 aromatic carbocycles. The van der Waals surface area contributed by atoms with E-state index in [0.717, 1.165) is 0 Å². The first-order valence-electron chi connectivity index (χ1n) is 4.45. The predicted octanol–water partition coefficient (Wildman–Crippen LogP) is -2.23. The molecule has 9 heteroatoms. The molecule has 17 heavy (non-hydrogen) atoms. The number of rotatable bonds is 2. The Labute approximate surface area is 91.0 Å².